The number of piperidine rings is 1. The summed E-state index contributed by atoms with van der Waals surface area (Å²) in [5.74, 6) is 0.0418. The van der Waals surface area contributed by atoms with Crippen LogP contribution in [0.2, 0.25) is 0 Å². The highest BCUT2D eigenvalue weighted by atomic mass is 16.4. The summed E-state index contributed by atoms with van der Waals surface area (Å²) in [5, 5.41) is 9.14. The van der Waals surface area contributed by atoms with Crippen LogP contribution in [0.5, 0.6) is 0 Å². The lowest BCUT2D eigenvalue weighted by Gasteiger charge is -2.40. The maximum Gasteiger partial charge on any atom is 0.335 e. The summed E-state index contributed by atoms with van der Waals surface area (Å²) < 4.78 is 0. The zero-order valence-corrected chi connectivity index (χ0v) is 17.3. The van der Waals surface area contributed by atoms with Crippen molar-refractivity contribution in [2.45, 2.75) is 46.0 Å². The summed E-state index contributed by atoms with van der Waals surface area (Å²) in [7, 11) is 0. The first-order valence-corrected chi connectivity index (χ1v) is 10.8. The van der Waals surface area contributed by atoms with Crippen molar-refractivity contribution in [3.8, 4) is 0 Å². The Morgan fingerprint density at radius 1 is 1.34 bits per heavy atom. The van der Waals surface area contributed by atoms with E-state index in [0.717, 1.165) is 74.3 Å². The van der Waals surface area contributed by atoms with Crippen molar-refractivity contribution in [2.24, 2.45) is 11.8 Å². The summed E-state index contributed by atoms with van der Waals surface area (Å²) in [6.07, 6.45) is 4.82. The van der Waals surface area contributed by atoms with Gasteiger partial charge in [0.2, 0.25) is 0 Å². The number of aromatic carboxylic acids is 1. The number of carbonyl (C=O) groups is 2. The molecular weight excluding hydrogens is 364 g/mol. The molecule has 4 rings (SSSR count). The van der Waals surface area contributed by atoms with Crippen molar-refractivity contribution in [3.63, 3.8) is 0 Å². The summed E-state index contributed by atoms with van der Waals surface area (Å²) in [4.78, 5) is 30.3. The molecule has 1 aliphatic carbocycles. The van der Waals surface area contributed by atoms with Crippen LogP contribution in [0, 0.1) is 18.8 Å². The van der Waals surface area contributed by atoms with Gasteiger partial charge in [0.15, 0.2) is 5.78 Å². The normalized spacial score (nSPS) is 21.7. The minimum absolute atomic E-state index is 0.118. The van der Waals surface area contributed by atoms with Crippen molar-refractivity contribution in [2.75, 3.05) is 19.6 Å². The molecule has 0 unspecified atom stereocenters. The summed E-state index contributed by atoms with van der Waals surface area (Å²) in [6, 6.07) is 7.20. The number of rotatable bonds is 6. The van der Waals surface area contributed by atoms with E-state index in [1.807, 2.05) is 12.1 Å². The van der Waals surface area contributed by atoms with Gasteiger partial charge in [0.25, 0.3) is 0 Å². The van der Waals surface area contributed by atoms with Crippen LogP contribution in [-0.4, -0.2) is 46.4 Å². The maximum atomic E-state index is 13.3. The topological polar surface area (TPSA) is 73.4 Å². The van der Waals surface area contributed by atoms with Crippen LogP contribution in [0.25, 0.3) is 0 Å². The average Bonchev–Trinajstić information content (AvgIpc) is 3.04. The van der Waals surface area contributed by atoms with Gasteiger partial charge in [-0.1, -0.05) is 19.1 Å². The summed E-state index contributed by atoms with van der Waals surface area (Å²) in [6.45, 7) is 7.06. The monoisotopic (exact) mass is 394 g/mol. The lowest BCUT2D eigenvalue weighted by atomic mass is 9.72. The number of aryl methyl sites for hydroxylation is 2. The first-order valence-electron chi connectivity index (χ1n) is 10.8. The second-order valence-electron chi connectivity index (χ2n) is 8.57. The molecule has 0 radical (unpaired) electrons. The zero-order valence-electron chi connectivity index (χ0n) is 17.3. The van der Waals surface area contributed by atoms with Crippen molar-refractivity contribution in [1.82, 2.24) is 9.88 Å². The molecule has 0 amide bonds. The molecule has 0 bridgehead atoms. The maximum absolute atomic E-state index is 13.3. The van der Waals surface area contributed by atoms with Gasteiger partial charge in [-0.15, -0.1) is 0 Å². The number of carbonyl (C=O) groups excluding carboxylic acids is 1. The molecule has 0 saturated carbocycles. The third-order valence-electron chi connectivity index (χ3n) is 6.75. The Balaban J connectivity index is 1.38. The molecule has 1 aromatic carbocycles. The predicted octanol–water partition coefficient (Wildman–Crippen LogP) is 3.89. The molecule has 1 aliphatic heterocycles. The molecule has 2 heterocycles. The number of likely N-dealkylation sites (tertiary alicyclic amines) is 1. The third-order valence-corrected chi connectivity index (χ3v) is 6.75. The van der Waals surface area contributed by atoms with Gasteiger partial charge in [-0.3, -0.25) is 4.79 Å². The van der Waals surface area contributed by atoms with Crippen LogP contribution in [0.1, 0.15) is 63.0 Å². The van der Waals surface area contributed by atoms with Crippen LogP contribution in [0.15, 0.2) is 24.3 Å². The fourth-order valence-electron chi connectivity index (χ4n) is 5.25. The number of benzene rings is 1. The second-order valence-corrected chi connectivity index (χ2v) is 8.57. The van der Waals surface area contributed by atoms with E-state index in [0.29, 0.717) is 17.3 Å². The highest BCUT2D eigenvalue weighted by Crippen LogP contribution is 2.38. The van der Waals surface area contributed by atoms with Crippen LogP contribution in [0.4, 0.5) is 0 Å². The Morgan fingerprint density at radius 3 is 2.93 bits per heavy atom. The van der Waals surface area contributed by atoms with E-state index in [4.69, 9.17) is 5.11 Å². The molecule has 2 atom stereocenters. The van der Waals surface area contributed by atoms with E-state index in [1.165, 1.54) is 5.56 Å². The van der Waals surface area contributed by atoms with Crippen LogP contribution in [-0.2, 0) is 19.3 Å². The molecule has 5 heteroatoms. The van der Waals surface area contributed by atoms with Crippen LogP contribution in [0.3, 0.4) is 0 Å². The lowest BCUT2D eigenvalue weighted by molar-refractivity contribution is 0.0657. The number of carboxylic acid groups (broad SMARTS) is 1. The Kier molecular flexibility index (Phi) is 5.59. The largest absolute Gasteiger partial charge is 0.478 e. The fraction of sp³-hybridized carbons (Fsp3) is 0.500. The van der Waals surface area contributed by atoms with Gasteiger partial charge in [-0.05, 0) is 81.3 Å². The number of aromatic nitrogens is 1. The number of nitrogens with one attached hydrogen (secondary N) is 1. The van der Waals surface area contributed by atoms with E-state index in [-0.39, 0.29) is 5.92 Å². The van der Waals surface area contributed by atoms with E-state index >= 15 is 0 Å². The van der Waals surface area contributed by atoms with Gasteiger partial charge < -0.3 is 15.0 Å². The van der Waals surface area contributed by atoms with Crippen molar-refractivity contribution in [3.05, 3.63) is 57.9 Å². The molecule has 1 fully saturated rings. The molecular formula is C24H30N2O3. The average molecular weight is 395 g/mol. The Morgan fingerprint density at radius 2 is 2.17 bits per heavy atom. The molecule has 2 aliphatic rings. The first kappa shape index (κ1) is 19.9. The SMILES string of the molecule is CCc1c(C)[nH]c2c1C(=O)[C@@H]1CN(CCCc3cccc(C(=O)O)c3)CC[C@H]1C2. The highest BCUT2D eigenvalue weighted by Gasteiger charge is 2.41. The van der Waals surface area contributed by atoms with Gasteiger partial charge in [-0.25, -0.2) is 4.79 Å². The predicted molar refractivity (Wildman–Crippen MR) is 113 cm³/mol. The van der Waals surface area contributed by atoms with E-state index < -0.39 is 5.97 Å². The molecule has 1 aromatic heterocycles. The molecule has 154 valence electrons. The molecule has 1 saturated heterocycles. The Hall–Kier alpha value is -2.40. The number of nitrogens with zero attached hydrogens (tertiary/aromatic N) is 1. The highest BCUT2D eigenvalue weighted by molar-refractivity contribution is 6.02. The van der Waals surface area contributed by atoms with Crippen molar-refractivity contribution < 1.29 is 14.7 Å². The number of fused-ring (bicyclic) bond motifs is 2. The van der Waals surface area contributed by atoms with E-state index in [2.05, 4.69) is 23.7 Å². The number of aromatic amines is 1. The molecule has 5 nitrogen and oxygen atoms in total. The van der Waals surface area contributed by atoms with Crippen molar-refractivity contribution >= 4 is 11.8 Å². The van der Waals surface area contributed by atoms with Gasteiger partial charge in [0.1, 0.15) is 0 Å². The third kappa shape index (κ3) is 3.88. The van der Waals surface area contributed by atoms with Gasteiger partial charge in [0.05, 0.1) is 5.56 Å². The summed E-state index contributed by atoms with van der Waals surface area (Å²) in [5.41, 5.74) is 5.92. The summed E-state index contributed by atoms with van der Waals surface area (Å²) >= 11 is 0. The zero-order chi connectivity index (χ0) is 20.5. The lowest BCUT2D eigenvalue weighted by Crippen LogP contribution is -2.47. The Bertz CT molecular complexity index is 930. The number of ketones is 1. The van der Waals surface area contributed by atoms with Crippen LogP contribution < -0.4 is 0 Å². The number of carboxylic acids is 1. The Labute approximate surface area is 172 Å². The minimum atomic E-state index is -0.879. The molecule has 2 aromatic rings. The fourth-order valence-corrected chi connectivity index (χ4v) is 5.25. The number of hydrogen-bond acceptors (Lipinski definition) is 3. The smallest absolute Gasteiger partial charge is 0.335 e. The first-order chi connectivity index (χ1) is 14.0. The molecule has 29 heavy (non-hydrogen) atoms. The molecule has 0 spiro atoms. The van der Waals surface area contributed by atoms with Gasteiger partial charge in [-0.2, -0.15) is 0 Å². The van der Waals surface area contributed by atoms with Gasteiger partial charge >= 0.3 is 5.97 Å². The number of hydrogen-bond donors (Lipinski definition) is 2. The second kappa shape index (κ2) is 8.15. The van der Waals surface area contributed by atoms with Crippen LogP contribution >= 0.6 is 0 Å². The number of Topliss-reactive ketones (excluding diaryl/α,β-unsaturated/α-hetero) is 1. The number of H-pyrrole nitrogens is 1. The van der Waals surface area contributed by atoms with Crippen molar-refractivity contribution in [1.29, 1.82) is 0 Å². The quantitative estimate of drug-likeness (QED) is 0.779. The van der Waals surface area contributed by atoms with E-state index in [9.17, 15) is 9.59 Å². The molecule has 2 N–H and O–H groups in total. The van der Waals surface area contributed by atoms with Gasteiger partial charge in [0, 0.05) is 29.4 Å². The van der Waals surface area contributed by atoms with E-state index in [1.54, 1.807) is 12.1 Å². The minimum Gasteiger partial charge on any atom is -0.478 e. The standard InChI is InChI=1S/C24H30N2O3/c1-3-19-15(2)25-21-13-17-9-11-26(14-20(17)23(27)22(19)21)10-5-7-16-6-4-8-18(12-16)24(28)29/h4,6,8,12,17,20,25H,3,5,7,9-11,13-14H2,1-2H3,(H,28,29)/t17-,20+/m0/s1.